The third kappa shape index (κ3) is 2.94. The number of hydrogen-bond acceptors (Lipinski definition) is 3. The van der Waals surface area contributed by atoms with Crippen LogP contribution in [0.5, 0.6) is 0 Å². The van der Waals surface area contributed by atoms with Crippen LogP contribution in [-0.4, -0.2) is 18.5 Å². The van der Waals surface area contributed by atoms with Gasteiger partial charge in [0.15, 0.2) is 0 Å². The van der Waals surface area contributed by atoms with E-state index in [4.69, 9.17) is 11.0 Å². The van der Waals surface area contributed by atoms with Crippen LogP contribution in [0.1, 0.15) is 33.3 Å². The monoisotopic (exact) mass is 259 g/mol. The summed E-state index contributed by atoms with van der Waals surface area (Å²) in [5.41, 5.74) is 5.97. The Labute approximate surface area is 114 Å². The maximum absolute atomic E-state index is 12.6. The second-order valence-electron chi connectivity index (χ2n) is 5.87. The molecular formula is C15H21N3O. The van der Waals surface area contributed by atoms with Crippen molar-refractivity contribution in [2.24, 2.45) is 11.1 Å². The topological polar surface area (TPSA) is 70.1 Å². The average Bonchev–Trinajstić information content (AvgIpc) is 2.35. The fourth-order valence-electron chi connectivity index (χ4n) is 1.60. The molecule has 0 bridgehead atoms. The Morgan fingerprint density at radius 3 is 2.37 bits per heavy atom. The van der Waals surface area contributed by atoms with E-state index >= 15 is 0 Å². The summed E-state index contributed by atoms with van der Waals surface area (Å²) < 4.78 is 0. The molecule has 0 radical (unpaired) electrons. The van der Waals surface area contributed by atoms with Gasteiger partial charge in [0, 0.05) is 18.3 Å². The van der Waals surface area contributed by atoms with Gasteiger partial charge in [-0.05, 0) is 45.9 Å². The smallest absolute Gasteiger partial charge is 0.234 e. The van der Waals surface area contributed by atoms with Crippen molar-refractivity contribution < 1.29 is 4.79 Å². The first-order valence-corrected chi connectivity index (χ1v) is 6.18. The second kappa shape index (κ2) is 5.02. The lowest BCUT2D eigenvalue weighted by molar-refractivity contribution is -0.129. The number of nitrogens with zero attached hydrogens (tertiary/aromatic N) is 2. The number of nitriles is 1. The molecule has 2 N–H and O–H groups in total. The Hall–Kier alpha value is -1.86. The van der Waals surface area contributed by atoms with Crippen LogP contribution in [0.2, 0.25) is 0 Å². The first-order valence-electron chi connectivity index (χ1n) is 6.18. The summed E-state index contributed by atoms with van der Waals surface area (Å²) in [5, 5.41) is 8.90. The van der Waals surface area contributed by atoms with Crippen LogP contribution in [0.25, 0.3) is 0 Å². The molecule has 0 aliphatic rings. The minimum Gasteiger partial charge on any atom is -0.325 e. The number of amides is 1. The number of benzene rings is 1. The van der Waals surface area contributed by atoms with E-state index in [-0.39, 0.29) is 5.91 Å². The molecule has 1 aromatic carbocycles. The molecule has 4 nitrogen and oxygen atoms in total. The molecular weight excluding hydrogens is 238 g/mol. The predicted octanol–water partition coefficient (Wildman–Crippen LogP) is 2.28. The molecule has 4 heteroatoms. The van der Waals surface area contributed by atoms with Crippen molar-refractivity contribution in [2.75, 3.05) is 11.9 Å². The Kier molecular flexibility index (Phi) is 4.02. The van der Waals surface area contributed by atoms with E-state index in [9.17, 15) is 4.79 Å². The zero-order chi connectivity index (χ0) is 14.8. The number of hydrogen-bond donors (Lipinski definition) is 1. The molecule has 19 heavy (non-hydrogen) atoms. The molecule has 0 atom stereocenters. The molecule has 0 heterocycles. The number of nitrogens with two attached hydrogens (primary N) is 1. The third-order valence-electron chi connectivity index (χ3n) is 3.81. The van der Waals surface area contributed by atoms with Crippen LogP contribution in [-0.2, 0) is 4.79 Å². The van der Waals surface area contributed by atoms with Gasteiger partial charge in [0.05, 0.1) is 17.0 Å². The normalized spacial score (nSPS) is 11.8. The van der Waals surface area contributed by atoms with Crippen molar-refractivity contribution in [1.29, 1.82) is 5.26 Å². The van der Waals surface area contributed by atoms with Crippen LogP contribution in [0.15, 0.2) is 24.3 Å². The summed E-state index contributed by atoms with van der Waals surface area (Å²) in [6, 6.07) is 9.03. The fourth-order valence-corrected chi connectivity index (χ4v) is 1.60. The third-order valence-corrected chi connectivity index (χ3v) is 3.81. The van der Waals surface area contributed by atoms with Gasteiger partial charge in [0.2, 0.25) is 5.91 Å². The first kappa shape index (κ1) is 15.2. The van der Waals surface area contributed by atoms with Crippen molar-refractivity contribution >= 4 is 11.6 Å². The summed E-state index contributed by atoms with van der Waals surface area (Å²) >= 11 is 0. The van der Waals surface area contributed by atoms with E-state index in [1.807, 2.05) is 27.7 Å². The molecule has 0 fully saturated rings. The summed E-state index contributed by atoms with van der Waals surface area (Å²) in [4.78, 5) is 14.1. The number of carbonyl (C=O) groups is 1. The van der Waals surface area contributed by atoms with Crippen molar-refractivity contribution in [3.05, 3.63) is 29.8 Å². The highest BCUT2D eigenvalue weighted by Crippen LogP contribution is 2.32. The molecule has 0 spiro atoms. The molecule has 0 unspecified atom stereocenters. The maximum atomic E-state index is 12.6. The van der Waals surface area contributed by atoms with E-state index in [0.29, 0.717) is 11.3 Å². The first-order chi connectivity index (χ1) is 8.61. The maximum Gasteiger partial charge on any atom is 0.234 e. The zero-order valence-corrected chi connectivity index (χ0v) is 12.2. The summed E-state index contributed by atoms with van der Waals surface area (Å²) in [7, 11) is 1.70. The summed E-state index contributed by atoms with van der Waals surface area (Å²) in [6.45, 7) is 7.34. The van der Waals surface area contributed by atoms with Gasteiger partial charge in [-0.1, -0.05) is 6.07 Å². The van der Waals surface area contributed by atoms with Crippen molar-refractivity contribution in [3.63, 3.8) is 0 Å². The van der Waals surface area contributed by atoms with Crippen LogP contribution >= 0.6 is 0 Å². The highest BCUT2D eigenvalue weighted by Gasteiger charge is 2.42. The second-order valence-corrected chi connectivity index (χ2v) is 5.87. The van der Waals surface area contributed by atoms with Crippen molar-refractivity contribution in [2.45, 2.75) is 33.2 Å². The Morgan fingerprint density at radius 2 is 1.89 bits per heavy atom. The van der Waals surface area contributed by atoms with Crippen molar-refractivity contribution in [3.8, 4) is 6.07 Å². The molecule has 0 aliphatic heterocycles. The largest absolute Gasteiger partial charge is 0.325 e. The van der Waals surface area contributed by atoms with E-state index in [2.05, 4.69) is 6.07 Å². The van der Waals surface area contributed by atoms with Gasteiger partial charge in [0.1, 0.15) is 0 Å². The molecule has 0 saturated carbocycles. The molecule has 1 rings (SSSR count). The lowest BCUT2D eigenvalue weighted by atomic mass is 9.74. The van der Waals surface area contributed by atoms with Gasteiger partial charge < -0.3 is 10.6 Å². The van der Waals surface area contributed by atoms with Gasteiger partial charge in [-0.2, -0.15) is 5.26 Å². The number of anilines is 1. The van der Waals surface area contributed by atoms with Gasteiger partial charge in [0.25, 0.3) is 0 Å². The van der Waals surface area contributed by atoms with Gasteiger partial charge in [-0.15, -0.1) is 0 Å². The Bertz CT molecular complexity index is 521. The van der Waals surface area contributed by atoms with Crippen LogP contribution < -0.4 is 10.6 Å². The van der Waals surface area contributed by atoms with Crippen LogP contribution in [0.3, 0.4) is 0 Å². The fraction of sp³-hybridized carbons (Fsp3) is 0.467. The molecule has 102 valence electrons. The van der Waals surface area contributed by atoms with E-state index in [0.717, 1.165) is 0 Å². The SMILES string of the molecule is CN(C(=O)C(C)(C)C(C)(C)N)c1cccc(C#N)c1. The van der Waals surface area contributed by atoms with Crippen LogP contribution in [0.4, 0.5) is 5.69 Å². The Morgan fingerprint density at radius 1 is 1.32 bits per heavy atom. The van der Waals surface area contributed by atoms with Gasteiger partial charge in [-0.25, -0.2) is 0 Å². The lowest BCUT2D eigenvalue weighted by Gasteiger charge is -2.39. The average molecular weight is 259 g/mol. The number of rotatable bonds is 3. The minimum absolute atomic E-state index is 0.0740. The quantitative estimate of drug-likeness (QED) is 0.905. The molecule has 1 aromatic rings. The minimum atomic E-state index is -0.704. The lowest BCUT2D eigenvalue weighted by Crippen LogP contribution is -2.56. The highest BCUT2D eigenvalue weighted by atomic mass is 16.2. The molecule has 1 amide bonds. The van der Waals surface area contributed by atoms with Gasteiger partial charge >= 0.3 is 0 Å². The van der Waals surface area contributed by atoms with E-state index < -0.39 is 11.0 Å². The van der Waals surface area contributed by atoms with Gasteiger partial charge in [-0.3, -0.25) is 4.79 Å². The summed E-state index contributed by atoms with van der Waals surface area (Å²) in [5.74, 6) is -0.0740. The Balaban J connectivity index is 3.10. The predicted molar refractivity (Wildman–Crippen MR) is 76.6 cm³/mol. The zero-order valence-electron chi connectivity index (χ0n) is 12.2. The van der Waals surface area contributed by atoms with Crippen molar-refractivity contribution in [1.82, 2.24) is 0 Å². The number of carbonyl (C=O) groups excluding carboxylic acids is 1. The highest BCUT2D eigenvalue weighted by molar-refractivity contribution is 5.97. The molecule has 0 aromatic heterocycles. The van der Waals surface area contributed by atoms with E-state index in [1.54, 1.807) is 36.2 Å². The van der Waals surface area contributed by atoms with Crippen LogP contribution in [0, 0.1) is 16.7 Å². The molecule has 0 aliphatic carbocycles. The standard InChI is InChI=1S/C15H21N3O/c1-14(2,15(3,4)17)13(19)18(5)12-8-6-7-11(9-12)10-16/h6-9H,17H2,1-5H3. The summed E-state index contributed by atoms with van der Waals surface area (Å²) in [6.07, 6.45) is 0. The molecule has 0 saturated heterocycles. The van der Waals surface area contributed by atoms with E-state index in [1.165, 1.54) is 0 Å².